The molecule has 3 aromatic rings. The summed E-state index contributed by atoms with van der Waals surface area (Å²) in [5, 5.41) is 19.0. The van der Waals surface area contributed by atoms with Gasteiger partial charge in [0, 0.05) is 21.8 Å². The molecule has 0 aliphatic heterocycles. The van der Waals surface area contributed by atoms with Crippen molar-refractivity contribution in [3.63, 3.8) is 0 Å². The Morgan fingerprint density at radius 2 is 1.90 bits per heavy atom. The van der Waals surface area contributed by atoms with Crippen molar-refractivity contribution in [2.45, 2.75) is 13.1 Å². The number of benzene rings is 2. The number of aryl methyl sites for hydroxylation is 1. The molecule has 1 heterocycles. The molecule has 0 fully saturated rings. The minimum atomic E-state index is -4.81. The summed E-state index contributed by atoms with van der Waals surface area (Å²) in [4.78, 5) is 10.5. The molecule has 0 unspecified atom stereocenters. The van der Waals surface area contributed by atoms with Gasteiger partial charge < -0.3 is 20.1 Å². The standard InChI is InChI=1S/C18H15BF3N3O4/c1-9-12-5-10(3-4-11(12)17(23)25-24-9)13-6-15(19(27)29-8-26)14(18(20,21)22)7-16(13)28-2/h3-8,27H,1-2H3,(H2,23,25). The van der Waals surface area contributed by atoms with Gasteiger partial charge in [0.25, 0.3) is 6.47 Å². The number of nitrogens with two attached hydrogens (primary N) is 1. The van der Waals surface area contributed by atoms with Crippen molar-refractivity contribution >= 4 is 35.6 Å². The summed E-state index contributed by atoms with van der Waals surface area (Å²) in [5.74, 6) is 0.137. The first-order valence-corrected chi connectivity index (χ1v) is 8.26. The fourth-order valence-electron chi connectivity index (χ4n) is 3.04. The Balaban J connectivity index is 2.28. The smallest absolute Gasteiger partial charge is 0.508 e. The fraction of sp³-hybridized carbons (Fsp3) is 0.167. The Hall–Kier alpha value is -3.34. The van der Waals surface area contributed by atoms with Crippen molar-refractivity contribution < 1.29 is 32.4 Å². The van der Waals surface area contributed by atoms with Crippen LogP contribution in [0.15, 0.2) is 30.3 Å². The van der Waals surface area contributed by atoms with Crippen LogP contribution in [0.5, 0.6) is 5.75 Å². The van der Waals surface area contributed by atoms with E-state index in [9.17, 15) is 23.0 Å². The lowest BCUT2D eigenvalue weighted by Crippen LogP contribution is -2.38. The Bertz CT molecular complexity index is 1090. The lowest BCUT2D eigenvalue weighted by Gasteiger charge is -2.18. The fourth-order valence-corrected chi connectivity index (χ4v) is 3.04. The number of nitrogens with zero attached hydrogens (tertiary/aromatic N) is 2. The largest absolute Gasteiger partial charge is 0.562 e. The summed E-state index contributed by atoms with van der Waals surface area (Å²) in [5.41, 5.74) is 5.34. The van der Waals surface area contributed by atoms with Gasteiger partial charge in [-0.2, -0.15) is 18.3 Å². The van der Waals surface area contributed by atoms with Gasteiger partial charge in [-0.25, -0.2) is 0 Å². The summed E-state index contributed by atoms with van der Waals surface area (Å²) in [6.07, 6.45) is -4.81. The molecule has 29 heavy (non-hydrogen) atoms. The number of fused-ring (bicyclic) bond motifs is 1. The zero-order valence-corrected chi connectivity index (χ0v) is 15.3. The van der Waals surface area contributed by atoms with E-state index >= 15 is 0 Å². The number of aromatic nitrogens is 2. The third-order valence-electron chi connectivity index (χ3n) is 4.43. The Labute approximate surface area is 163 Å². The maximum atomic E-state index is 13.5. The Morgan fingerprint density at radius 1 is 1.17 bits per heavy atom. The average Bonchev–Trinajstić information content (AvgIpc) is 2.69. The van der Waals surface area contributed by atoms with Crippen LogP contribution in [0.25, 0.3) is 21.9 Å². The number of methoxy groups -OCH3 is 1. The molecule has 7 nitrogen and oxygen atoms in total. The highest BCUT2D eigenvalue weighted by molar-refractivity contribution is 6.61. The van der Waals surface area contributed by atoms with E-state index in [4.69, 9.17) is 10.5 Å². The Morgan fingerprint density at radius 3 is 2.52 bits per heavy atom. The van der Waals surface area contributed by atoms with Crippen LogP contribution >= 0.6 is 0 Å². The molecule has 11 heteroatoms. The summed E-state index contributed by atoms with van der Waals surface area (Å²) in [6, 6.07) is 6.79. The van der Waals surface area contributed by atoms with Gasteiger partial charge in [-0.05, 0) is 36.8 Å². The highest BCUT2D eigenvalue weighted by atomic mass is 19.4. The van der Waals surface area contributed by atoms with Crippen LogP contribution in [0, 0.1) is 6.92 Å². The van der Waals surface area contributed by atoms with E-state index in [-0.39, 0.29) is 23.6 Å². The van der Waals surface area contributed by atoms with Gasteiger partial charge in [-0.3, -0.25) is 4.79 Å². The number of halogens is 3. The normalized spacial score (nSPS) is 11.4. The predicted molar refractivity (Wildman–Crippen MR) is 100 cm³/mol. The quantitative estimate of drug-likeness (QED) is 0.494. The zero-order chi connectivity index (χ0) is 21.3. The van der Waals surface area contributed by atoms with E-state index in [0.717, 1.165) is 12.1 Å². The second-order valence-electron chi connectivity index (χ2n) is 6.15. The topological polar surface area (TPSA) is 108 Å². The van der Waals surface area contributed by atoms with E-state index in [0.29, 0.717) is 22.0 Å². The molecule has 150 valence electrons. The number of alkyl halides is 3. The summed E-state index contributed by atoms with van der Waals surface area (Å²) in [6.45, 7) is 1.59. The van der Waals surface area contributed by atoms with Crippen LogP contribution in [0.2, 0.25) is 0 Å². The molecule has 2 aromatic carbocycles. The molecular weight excluding hydrogens is 390 g/mol. The lowest BCUT2D eigenvalue weighted by atomic mass is 9.74. The van der Waals surface area contributed by atoms with Crippen LogP contribution in [-0.2, 0) is 15.6 Å². The molecule has 1 aromatic heterocycles. The predicted octanol–water partition coefficient (Wildman–Crippen LogP) is 2.08. The molecule has 3 N–H and O–H groups in total. The number of nitrogen functional groups attached to an aromatic ring is 1. The van der Waals surface area contributed by atoms with E-state index in [1.165, 1.54) is 7.11 Å². The van der Waals surface area contributed by atoms with E-state index in [1.807, 2.05) is 0 Å². The second-order valence-corrected chi connectivity index (χ2v) is 6.15. The number of anilines is 1. The van der Waals surface area contributed by atoms with Crippen LogP contribution in [0.4, 0.5) is 19.0 Å². The molecule has 0 bridgehead atoms. The van der Waals surface area contributed by atoms with Crippen molar-refractivity contribution in [3.8, 4) is 16.9 Å². The monoisotopic (exact) mass is 405 g/mol. The van der Waals surface area contributed by atoms with Gasteiger partial charge in [-0.1, -0.05) is 6.07 Å². The molecular formula is C18H15BF3N3O4. The molecule has 0 spiro atoms. The SMILES string of the molecule is COc1cc(C(F)(F)F)c(B(O)OC=O)cc1-c1ccc2c(N)nnc(C)c2c1. The van der Waals surface area contributed by atoms with Crippen molar-refractivity contribution in [2.24, 2.45) is 0 Å². The number of hydrogen-bond acceptors (Lipinski definition) is 7. The molecule has 0 saturated heterocycles. The summed E-state index contributed by atoms with van der Waals surface area (Å²) in [7, 11) is -0.871. The molecule has 0 amide bonds. The minimum absolute atomic E-state index is 0.0774. The van der Waals surface area contributed by atoms with Crippen molar-refractivity contribution in [2.75, 3.05) is 12.8 Å². The van der Waals surface area contributed by atoms with E-state index in [2.05, 4.69) is 14.9 Å². The van der Waals surface area contributed by atoms with Crippen molar-refractivity contribution in [3.05, 3.63) is 41.6 Å². The first-order valence-electron chi connectivity index (χ1n) is 8.26. The number of carbonyl (C=O) groups excluding carboxylic acids is 1. The maximum Gasteiger partial charge on any atom is 0.562 e. The summed E-state index contributed by atoms with van der Waals surface area (Å²) < 4.78 is 49.9. The first kappa shape index (κ1) is 20.4. The molecule has 0 aliphatic rings. The van der Waals surface area contributed by atoms with E-state index < -0.39 is 24.3 Å². The lowest BCUT2D eigenvalue weighted by molar-refractivity contribution is -0.137. The average molecular weight is 405 g/mol. The van der Waals surface area contributed by atoms with Gasteiger partial charge in [0.2, 0.25) is 0 Å². The second kappa shape index (κ2) is 7.59. The molecule has 0 atom stereocenters. The first-order chi connectivity index (χ1) is 13.7. The van der Waals surface area contributed by atoms with Gasteiger partial charge in [0.15, 0.2) is 5.82 Å². The van der Waals surface area contributed by atoms with Crippen molar-refractivity contribution in [1.82, 2.24) is 10.2 Å². The molecule has 0 saturated carbocycles. The zero-order valence-electron chi connectivity index (χ0n) is 15.3. The molecule has 3 rings (SSSR count). The van der Waals surface area contributed by atoms with Crippen molar-refractivity contribution in [1.29, 1.82) is 0 Å². The maximum absolute atomic E-state index is 13.5. The van der Waals surface area contributed by atoms with Crippen LogP contribution in [0.1, 0.15) is 11.3 Å². The van der Waals surface area contributed by atoms with Gasteiger partial charge in [0.05, 0.1) is 18.4 Å². The van der Waals surface area contributed by atoms with E-state index in [1.54, 1.807) is 25.1 Å². The minimum Gasteiger partial charge on any atom is -0.508 e. The number of ether oxygens (including phenoxy) is 1. The Kier molecular flexibility index (Phi) is 5.34. The van der Waals surface area contributed by atoms with Crippen LogP contribution < -0.4 is 15.9 Å². The van der Waals surface area contributed by atoms with Crippen LogP contribution in [-0.4, -0.2) is 35.9 Å². The summed E-state index contributed by atoms with van der Waals surface area (Å²) >= 11 is 0. The molecule has 0 radical (unpaired) electrons. The number of rotatable bonds is 5. The van der Waals surface area contributed by atoms with Gasteiger partial charge in [0.1, 0.15) is 5.75 Å². The molecule has 0 aliphatic carbocycles. The van der Waals surface area contributed by atoms with Crippen LogP contribution in [0.3, 0.4) is 0 Å². The highest BCUT2D eigenvalue weighted by Gasteiger charge is 2.39. The number of carbonyl (C=O) groups is 1. The third-order valence-corrected chi connectivity index (χ3v) is 4.43. The van der Waals surface area contributed by atoms with Gasteiger partial charge in [-0.15, -0.1) is 5.10 Å². The number of hydrogen-bond donors (Lipinski definition) is 2. The highest BCUT2D eigenvalue weighted by Crippen LogP contribution is 2.37. The van der Waals surface area contributed by atoms with Gasteiger partial charge >= 0.3 is 13.3 Å². The third kappa shape index (κ3) is 3.81.